The Morgan fingerprint density at radius 3 is 2.24 bits per heavy atom. The highest BCUT2D eigenvalue weighted by Gasteiger charge is 2.33. The Labute approximate surface area is 239 Å². The molecule has 222 valence electrons. The summed E-state index contributed by atoms with van der Waals surface area (Å²) in [6, 6.07) is 3.40. The van der Waals surface area contributed by atoms with Gasteiger partial charge in [-0.05, 0) is 29.9 Å². The highest BCUT2D eigenvalue weighted by atomic mass is 16.4. The summed E-state index contributed by atoms with van der Waals surface area (Å²) in [4.78, 5) is 62.1. The zero-order valence-corrected chi connectivity index (χ0v) is 23.9. The molecule has 2 heterocycles. The van der Waals surface area contributed by atoms with Crippen molar-refractivity contribution in [2.24, 2.45) is 17.6 Å². The monoisotopic (exact) mass is 567 g/mol. The van der Waals surface area contributed by atoms with Gasteiger partial charge in [0.1, 0.15) is 18.1 Å². The maximum absolute atomic E-state index is 13.7. The Morgan fingerprint density at radius 2 is 1.61 bits per heavy atom. The van der Waals surface area contributed by atoms with Gasteiger partial charge in [-0.1, -0.05) is 52.3 Å². The van der Waals surface area contributed by atoms with E-state index in [4.69, 9.17) is 5.73 Å². The molecule has 1 aromatic carbocycles. The standard InChI is InChI=1S/C29H41N7O5/c1-5-17(4)25(29(40)41)36-28(39)23(11-18-13-32-22-9-7-6-8-20(18)22)35-27(38)24(12-19-14-31-15-33-19)34-26(37)21(30)10-16(2)3/h6-9,13-17,21,23-25,32H,5,10-12,30H2,1-4H3,(H,31,33)(H,34,37)(H,35,38)(H,36,39)(H,40,41). The van der Waals surface area contributed by atoms with Gasteiger partial charge in [0.25, 0.3) is 0 Å². The number of aliphatic carboxylic acids is 1. The van der Waals surface area contributed by atoms with Crippen molar-refractivity contribution in [1.82, 2.24) is 30.9 Å². The van der Waals surface area contributed by atoms with Gasteiger partial charge in [0.15, 0.2) is 0 Å². The first-order valence-electron chi connectivity index (χ1n) is 13.9. The Kier molecular flexibility index (Phi) is 11.0. The van der Waals surface area contributed by atoms with E-state index in [0.29, 0.717) is 18.5 Å². The van der Waals surface area contributed by atoms with E-state index in [1.54, 1.807) is 19.3 Å². The third-order valence-electron chi connectivity index (χ3n) is 7.18. The van der Waals surface area contributed by atoms with Crippen molar-refractivity contribution >= 4 is 34.6 Å². The fraction of sp³-hybridized carbons (Fsp3) is 0.483. The number of aromatic amines is 2. The molecule has 0 aliphatic carbocycles. The second-order valence-electron chi connectivity index (χ2n) is 10.9. The maximum Gasteiger partial charge on any atom is 0.326 e. The van der Waals surface area contributed by atoms with Crippen LogP contribution in [0.1, 0.15) is 51.8 Å². The molecule has 3 amide bonds. The highest BCUT2D eigenvalue weighted by Crippen LogP contribution is 2.20. The Balaban J connectivity index is 1.89. The third-order valence-corrected chi connectivity index (χ3v) is 7.18. The maximum atomic E-state index is 13.7. The summed E-state index contributed by atoms with van der Waals surface area (Å²) < 4.78 is 0. The molecule has 0 bridgehead atoms. The summed E-state index contributed by atoms with van der Waals surface area (Å²) in [6.07, 6.45) is 5.90. The fourth-order valence-corrected chi connectivity index (χ4v) is 4.66. The number of carboxylic acid groups (broad SMARTS) is 1. The summed E-state index contributed by atoms with van der Waals surface area (Å²) in [6.45, 7) is 7.46. The number of carbonyl (C=O) groups is 4. The average molecular weight is 568 g/mol. The molecule has 8 N–H and O–H groups in total. The SMILES string of the molecule is CCC(C)C(NC(=O)C(Cc1c[nH]c2ccccc12)NC(=O)C(Cc1cnc[nH]1)NC(=O)C(N)CC(C)C)C(=O)O. The first-order valence-corrected chi connectivity index (χ1v) is 13.9. The molecule has 41 heavy (non-hydrogen) atoms. The first kappa shape index (κ1) is 31.3. The van der Waals surface area contributed by atoms with E-state index in [9.17, 15) is 24.3 Å². The van der Waals surface area contributed by atoms with Crippen molar-refractivity contribution < 1.29 is 24.3 Å². The number of hydrogen-bond acceptors (Lipinski definition) is 6. The van der Waals surface area contributed by atoms with Crippen molar-refractivity contribution in [3.8, 4) is 0 Å². The van der Waals surface area contributed by atoms with E-state index >= 15 is 0 Å². The molecule has 0 saturated carbocycles. The zero-order chi connectivity index (χ0) is 30.1. The average Bonchev–Trinajstić information content (AvgIpc) is 3.59. The molecule has 0 radical (unpaired) electrons. The number of hydrogen-bond donors (Lipinski definition) is 7. The van der Waals surface area contributed by atoms with Crippen LogP contribution in [0.4, 0.5) is 0 Å². The Bertz CT molecular complexity index is 1320. The second kappa shape index (κ2) is 14.4. The van der Waals surface area contributed by atoms with Crippen LogP contribution in [-0.4, -0.2) is 67.9 Å². The van der Waals surface area contributed by atoms with Gasteiger partial charge in [-0.3, -0.25) is 14.4 Å². The molecule has 0 spiro atoms. The number of nitrogens with one attached hydrogen (secondary N) is 5. The number of nitrogens with zero attached hydrogens (tertiary/aromatic N) is 1. The number of rotatable bonds is 15. The van der Waals surface area contributed by atoms with Crippen molar-refractivity contribution in [3.05, 3.63) is 54.2 Å². The van der Waals surface area contributed by atoms with Crippen molar-refractivity contribution in [3.63, 3.8) is 0 Å². The molecular formula is C29H41N7O5. The van der Waals surface area contributed by atoms with Gasteiger partial charge in [0.05, 0.1) is 12.4 Å². The number of carbonyl (C=O) groups excluding carboxylic acids is 3. The zero-order valence-electron chi connectivity index (χ0n) is 23.9. The lowest BCUT2D eigenvalue weighted by Crippen LogP contribution is -2.58. The number of para-hydroxylation sites is 1. The summed E-state index contributed by atoms with van der Waals surface area (Å²) >= 11 is 0. The summed E-state index contributed by atoms with van der Waals surface area (Å²) in [5.41, 5.74) is 8.30. The molecule has 5 unspecified atom stereocenters. The summed E-state index contributed by atoms with van der Waals surface area (Å²) in [5, 5.41) is 18.7. The molecular weight excluding hydrogens is 526 g/mol. The number of aromatic nitrogens is 3. The minimum Gasteiger partial charge on any atom is -0.480 e. The van der Waals surface area contributed by atoms with E-state index in [2.05, 4.69) is 30.9 Å². The largest absolute Gasteiger partial charge is 0.480 e. The molecule has 5 atom stereocenters. The molecule has 0 aliphatic rings. The topological polar surface area (TPSA) is 195 Å². The minimum absolute atomic E-state index is 0.0814. The van der Waals surface area contributed by atoms with Crippen LogP contribution in [-0.2, 0) is 32.0 Å². The van der Waals surface area contributed by atoms with Crippen LogP contribution >= 0.6 is 0 Å². The quantitative estimate of drug-likeness (QED) is 0.145. The van der Waals surface area contributed by atoms with Gasteiger partial charge < -0.3 is 36.8 Å². The van der Waals surface area contributed by atoms with Crippen LogP contribution in [0.2, 0.25) is 0 Å². The Hall–Kier alpha value is -4.19. The number of fused-ring (bicyclic) bond motifs is 1. The van der Waals surface area contributed by atoms with Crippen molar-refractivity contribution in [2.45, 2.75) is 77.5 Å². The Morgan fingerprint density at radius 1 is 0.951 bits per heavy atom. The molecule has 3 rings (SSSR count). The summed E-state index contributed by atoms with van der Waals surface area (Å²) in [7, 11) is 0. The molecule has 0 fully saturated rings. The van der Waals surface area contributed by atoms with Crippen LogP contribution in [0.3, 0.4) is 0 Å². The minimum atomic E-state index is -1.16. The van der Waals surface area contributed by atoms with Crippen LogP contribution in [0, 0.1) is 11.8 Å². The van der Waals surface area contributed by atoms with E-state index in [0.717, 1.165) is 16.5 Å². The molecule has 12 heteroatoms. The van der Waals surface area contributed by atoms with Crippen molar-refractivity contribution in [2.75, 3.05) is 0 Å². The molecule has 2 aromatic heterocycles. The van der Waals surface area contributed by atoms with Crippen molar-refractivity contribution in [1.29, 1.82) is 0 Å². The fourth-order valence-electron chi connectivity index (χ4n) is 4.66. The van der Waals surface area contributed by atoms with Gasteiger partial charge in [-0.2, -0.15) is 0 Å². The first-order chi connectivity index (χ1) is 19.5. The summed E-state index contributed by atoms with van der Waals surface area (Å²) in [5.74, 6) is -3.06. The van der Waals surface area contributed by atoms with E-state index < -0.39 is 47.9 Å². The van der Waals surface area contributed by atoms with Gasteiger partial charge in [0.2, 0.25) is 17.7 Å². The lowest BCUT2D eigenvalue weighted by atomic mass is 9.97. The molecule has 0 saturated heterocycles. The number of carboxylic acids is 1. The number of H-pyrrole nitrogens is 2. The second-order valence-corrected chi connectivity index (χ2v) is 10.9. The van der Waals surface area contributed by atoms with Crippen LogP contribution in [0.5, 0.6) is 0 Å². The van der Waals surface area contributed by atoms with Gasteiger partial charge in [-0.15, -0.1) is 0 Å². The molecule has 12 nitrogen and oxygen atoms in total. The number of imidazole rings is 1. The van der Waals surface area contributed by atoms with Gasteiger partial charge >= 0.3 is 5.97 Å². The number of nitrogens with two attached hydrogens (primary N) is 1. The predicted molar refractivity (Wildman–Crippen MR) is 155 cm³/mol. The van der Waals surface area contributed by atoms with E-state index in [-0.39, 0.29) is 24.7 Å². The number of amides is 3. The molecule has 0 aliphatic heterocycles. The van der Waals surface area contributed by atoms with E-state index in [1.165, 1.54) is 6.33 Å². The lowest BCUT2D eigenvalue weighted by molar-refractivity contribution is -0.143. The number of benzene rings is 1. The highest BCUT2D eigenvalue weighted by molar-refractivity contribution is 5.95. The van der Waals surface area contributed by atoms with E-state index in [1.807, 2.05) is 45.0 Å². The van der Waals surface area contributed by atoms with Gasteiger partial charge in [0, 0.05) is 41.8 Å². The van der Waals surface area contributed by atoms with Crippen LogP contribution in [0.25, 0.3) is 10.9 Å². The van der Waals surface area contributed by atoms with Gasteiger partial charge in [-0.25, -0.2) is 9.78 Å². The lowest BCUT2D eigenvalue weighted by Gasteiger charge is -2.26. The smallest absolute Gasteiger partial charge is 0.326 e. The predicted octanol–water partition coefficient (Wildman–Crippen LogP) is 1.63. The van der Waals surface area contributed by atoms with Crippen LogP contribution < -0.4 is 21.7 Å². The van der Waals surface area contributed by atoms with Crippen LogP contribution in [0.15, 0.2) is 43.0 Å². The molecule has 3 aromatic rings. The third kappa shape index (κ3) is 8.65. The normalized spacial score (nSPS) is 15.1.